The van der Waals surface area contributed by atoms with Gasteiger partial charge >= 0.3 is 0 Å². The Morgan fingerprint density at radius 2 is 2.00 bits per heavy atom. The molecule has 0 bridgehead atoms. The summed E-state index contributed by atoms with van der Waals surface area (Å²) in [7, 11) is 0. The number of benzene rings is 1. The zero-order chi connectivity index (χ0) is 12.3. The molecule has 0 spiro atoms. The third-order valence-electron chi connectivity index (χ3n) is 2.89. The van der Waals surface area contributed by atoms with E-state index in [0.29, 0.717) is 12.7 Å². The van der Waals surface area contributed by atoms with Crippen LogP contribution in [0.2, 0.25) is 0 Å². The van der Waals surface area contributed by atoms with Crippen molar-refractivity contribution in [1.82, 2.24) is 0 Å². The zero-order valence-corrected chi connectivity index (χ0v) is 10.9. The average molecular weight is 232 g/mol. The third-order valence-corrected chi connectivity index (χ3v) is 2.89. The van der Waals surface area contributed by atoms with Crippen molar-refractivity contribution < 1.29 is 4.74 Å². The Labute approximate surface area is 106 Å². The van der Waals surface area contributed by atoms with E-state index in [-0.39, 0.29) is 0 Å². The van der Waals surface area contributed by atoms with Crippen LogP contribution in [0.15, 0.2) is 43.0 Å². The summed E-state index contributed by atoms with van der Waals surface area (Å²) < 4.78 is 5.94. The summed E-state index contributed by atoms with van der Waals surface area (Å²) in [6.45, 7) is 6.75. The van der Waals surface area contributed by atoms with E-state index in [1.54, 1.807) is 0 Å². The molecule has 0 aliphatic heterocycles. The second kappa shape index (κ2) is 9.00. The fourth-order valence-corrected chi connectivity index (χ4v) is 1.87. The standard InChI is InChI=1S/C16H24O/c1-3-5-7-13-16(10-4-2)17-14-15-11-8-6-9-12-15/h4,6,8-9,11-12,16H,2-3,5,7,10,13-14H2,1H3/t16-/m0/s1. The highest BCUT2D eigenvalue weighted by Crippen LogP contribution is 2.13. The van der Waals surface area contributed by atoms with Crippen molar-refractivity contribution in [2.45, 2.75) is 51.7 Å². The van der Waals surface area contributed by atoms with Crippen molar-refractivity contribution in [3.05, 3.63) is 48.6 Å². The summed E-state index contributed by atoms with van der Waals surface area (Å²) in [4.78, 5) is 0. The molecule has 1 atom stereocenters. The van der Waals surface area contributed by atoms with Gasteiger partial charge in [0, 0.05) is 0 Å². The van der Waals surface area contributed by atoms with Crippen LogP contribution in [-0.2, 0) is 11.3 Å². The molecule has 0 aliphatic carbocycles. The second-order valence-corrected chi connectivity index (χ2v) is 4.44. The van der Waals surface area contributed by atoms with E-state index in [0.717, 1.165) is 12.8 Å². The molecule has 0 saturated heterocycles. The van der Waals surface area contributed by atoms with Crippen molar-refractivity contribution in [1.29, 1.82) is 0 Å². The SMILES string of the molecule is C=CC[C@@H](CCCCC)OCc1ccccc1. The van der Waals surface area contributed by atoms with E-state index < -0.39 is 0 Å². The zero-order valence-electron chi connectivity index (χ0n) is 10.9. The molecule has 1 heteroatoms. The monoisotopic (exact) mass is 232 g/mol. The average Bonchev–Trinajstić information content (AvgIpc) is 2.37. The normalized spacial score (nSPS) is 12.3. The van der Waals surface area contributed by atoms with Crippen LogP contribution in [0.25, 0.3) is 0 Å². The van der Waals surface area contributed by atoms with Crippen molar-refractivity contribution >= 4 is 0 Å². The molecular formula is C16H24O. The van der Waals surface area contributed by atoms with Gasteiger partial charge in [0.1, 0.15) is 0 Å². The van der Waals surface area contributed by atoms with Gasteiger partial charge in [-0.25, -0.2) is 0 Å². The molecule has 0 aromatic heterocycles. The highest BCUT2D eigenvalue weighted by molar-refractivity contribution is 5.13. The van der Waals surface area contributed by atoms with Crippen LogP contribution < -0.4 is 0 Å². The van der Waals surface area contributed by atoms with Crippen molar-refractivity contribution in [3.8, 4) is 0 Å². The molecule has 1 aromatic rings. The summed E-state index contributed by atoms with van der Waals surface area (Å²) in [5.41, 5.74) is 1.25. The van der Waals surface area contributed by atoms with Gasteiger partial charge in [-0.3, -0.25) is 0 Å². The highest BCUT2D eigenvalue weighted by Gasteiger charge is 2.06. The molecule has 94 valence electrons. The maximum Gasteiger partial charge on any atom is 0.0720 e. The summed E-state index contributed by atoms with van der Waals surface area (Å²) in [5, 5.41) is 0. The first-order chi connectivity index (χ1) is 8.36. The van der Waals surface area contributed by atoms with Gasteiger partial charge in [0.05, 0.1) is 12.7 Å². The topological polar surface area (TPSA) is 9.23 Å². The molecule has 0 radical (unpaired) electrons. The van der Waals surface area contributed by atoms with E-state index in [4.69, 9.17) is 4.74 Å². The number of ether oxygens (including phenoxy) is 1. The molecule has 1 aromatic carbocycles. The van der Waals surface area contributed by atoms with Crippen LogP contribution in [0, 0.1) is 0 Å². The summed E-state index contributed by atoms with van der Waals surface area (Å²) in [6, 6.07) is 10.4. The molecule has 17 heavy (non-hydrogen) atoms. The van der Waals surface area contributed by atoms with E-state index in [2.05, 4.69) is 37.8 Å². The Balaban J connectivity index is 2.30. The first-order valence-corrected chi connectivity index (χ1v) is 6.63. The Bertz CT molecular complexity index is 292. The van der Waals surface area contributed by atoms with Gasteiger partial charge in [0.2, 0.25) is 0 Å². The first-order valence-electron chi connectivity index (χ1n) is 6.63. The fraction of sp³-hybridized carbons (Fsp3) is 0.500. The molecule has 0 aliphatic rings. The molecule has 0 saturated carbocycles. The summed E-state index contributed by atoms with van der Waals surface area (Å²) >= 11 is 0. The summed E-state index contributed by atoms with van der Waals surface area (Å²) in [5.74, 6) is 0. The van der Waals surface area contributed by atoms with E-state index in [1.807, 2.05) is 12.1 Å². The van der Waals surface area contributed by atoms with Gasteiger partial charge in [0.15, 0.2) is 0 Å². The number of rotatable bonds is 9. The maximum absolute atomic E-state index is 5.94. The van der Waals surface area contributed by atoms with Gasteiger partial charge in [-0.1, -0.05) is 62.6 Å². The predicted molar refractivity (Wildman–Crippen MR) is 74.0 cm³/mol. The number of hydrogen-bond donors (Lipinski definition) is 0. The molecule has 1 rings (SSSR count). The van der Waals surface area contributed by atoms with Crippen LogP contribution in [0.4, 0.5) is 0 Å². The Morgan fingerprint density at radius 3 is 2.65 bits per heavy atom. The Morgan fingerprint density at radius 1 is 1.24 bits per heavy atom. The first kappa shape index (κ1) is 14.0. The minimum Gasteiger partial charge on any atom is -0.373 e. The molecular weight excluding hydrogens is 208 g/mol. The van der Waals surface area contributed by atoms with Crippen molar-refractivity contribution in [2.75, 3.05) is 0 Å². The summed E-state index contributed by atoms with van der Waals surface area (Å²) in [6.07, 6.45) is 8.20. The van der Waals surface area contributed by atoms with E-state index >= 15 is 0 Å². The van der Waals surface area contributed by atoms with Crippen LogP contribution in [0.3, 0.4) is 0 Å². The minimum atomic E-state index is 0.333. The number of hydrogen-bond acceptors (Lipinski definition) is 1. The highest BCUT2D eigenvalue weighted by atomic mass is 16.5. The Hall–Kier alpha value is -1.08. The lowest BCUT2D eigenvalue weighted by molar-refractivity contribution is 0.0354. The molecule has 1 nitrogen and oxygen atoms in total. The van der Waals surface area contributed by atoms with Gasteiger partial charge < -0.3 is 4.74 Å². The predicted octanol–water partition coefficient (Wildman–Crippen LogP) is 4.73. The molecule has 0 unspecified atom stereocenters. The molecule has 0 N–H and O–H groups in total. The van der Waals surface area contributed by atoms with Gasteiger partial charge in [-0.05, 0) is 18.4 Å². The largest absolute Gasteiger partial charge is 0.373 e. The lowest BCUT2D eigenvalue weighted by Crippen LogP contribution is -2.11. The van der Waals surface area contributed by atoms with Crippen LogP contribution in [-0.4, -0.2) is 6.10 Å². The quantitative estimate of drug-likeness (QED) is 0.442. The van der Waals surface area contributed by atoms with Crippen LogP contribution in [0.5, 0.6) is 0 Å². The third kappa shape index (κ3) is 6.28. The smallest absolute Gasteiger partial charge is 0.0720 e. The molecule has 0 heterocycles. The Kier molecular flexibility index (Phi) is 7.40. The minimum absolute atomic E-state index is 0.333. The fourth-order valence-electron chi connectivity index (χ4n) is 1.87. The van der Waals surface area contributed by atoms with Gasteiger partial charge in [-0.15, -0.1) is 6.58 Å². The lowest BCUT2D eigenvalue weighted by Gasteiger charge is -2.16. The lowest BCUT2D eigenvalue weighted by atomic mass is 10.1. The van der Waals surface area contributed by atoms with Crippen molar-refractivity contribution in [3.63, 3.8) is 0 Å². The van der Waals surface area contributed by atoms with Crippen molar-refractivity contribution in [2.24, 2.45) is 0 Å². The van der Waals surface area contributed by atoms with Crippen LogP contribution in [0.1, 0.15) is 44.6 Å². The molecule has 0 fully saturated rings. The van der Waals surface area contributed by atoms with Gasteiger partial charge in [0.25, 0.3) is 0 Å². The van der Waals surface area contributed by atoms with E-state index in [9.17, 15) is 0 Å². The van der Waals surface area contributed by atoms with Crippen LogP contribution >= 0.6 is 0 Å². The number of unbranched alkanes of at least 4 members (excludes halogenated alkanes) is 2. The second-order valence-electron chi connectivity index (χ2n) is 4.44. The van der Waals surface area contributed by atoms with E-state index in [1.165, 1.54) is 24.8 Å². The van der Waals surface area contributed by atoms with Gasteiger partial charge in [-0.2, -0.15) is 0 Å². The molecule has 0 amide bonds. The maximum atomic E-state index is 5.94.